The van der Waals surface area contributed by atoms with Gasteiger partial charge < -0.3 is 9.84 Å². The quantitative estimate of drug-likeness (QED) is 0.576. The van der Waals surface area contributed by atoms with Crippen LogP contribution in [0.3, 0.4) is 0 Å². The molecule has 1 aliphatic heterocycles. The molecule has 0 aliphatic carbocycles. The molecule has 1 aliphatic rings. The summed E-state index contributed by atoms with van der Waals surface area (Å²) in [5.74, 6) is 0.979. The molecule has 0 aromatic heterocycles. The summed E-state index contributed by atoms with van der Waals surface area (Å²) in [4.78, 5) is 0. The summed E-state index contributed by atoms with van der Waals surface area (Å²) >= 11 is 0. The van der Waals surface area contributed by atoms with E-state index in [0.717, 1.165) is 17.7 Å². The van der Waals surface area contributed by atoms with Crippen molar-refractivity contribution in [2.45, 2.75) is 0 Å². The van der Waals surface area contributed by atoms with Gasteiger partial charge in [-0.1, -0.05) is 12.1 Å². The molecule has 2 rings (SSSR count). The fraction of sp³-hybridized carbons (Fsp3) is 0.143. The molecule has 2 nitrogen and oxygen atoms in total. The number of hydrogen-bond donors (Lipinski definition) is 1. The standard InChI is InChI=1S/C7H8NOP/c1-2-4-7-6(3-1)8-5-10-9-7/h1-4,8,10H,5H2. The number of rotatable bonds is 0. The molecule has 1 aromatic rings. The summed E-state index contributed by atoms with van der Waals surface area (Å²) in [6.45, 7) is 0. The average molecular weight is 153 g/mol. The molecule has 0 amide bonds. The van der Waals surface area contributed by atoms with Crippen molar-refractivity contribution in [1.82, 2.24) is 0 Å². The third kappa shape index (κ3) is 0.952. The van der Waals surface area contributed by atoms with Crippen LogP contribution in [-0.2, 0) is 0 Å². The lowest BCUT2D eigenvalue weighted by Gasteiger charge is -2.17. The van der Waals surface area contributed by atoms with Crippen LogP contribution in [0.25, 0.3) is 0 Å². The van der Waals surface area contributed by atoms with Crippen LogP contribution in [-0.4, -0.2) is 6.29 Å². The Morgan fingerprint density at radius 1 is 1.40 bits per heavy atom. The van der Waals surface area contributed by atoms with Crippen molar-refractivity contribution in [3.05, 3.63) is 24.3 Å². The molecule has 0 radical (unpaired) electrons. The Morgan fingerprint density at radius 3 is 3.20 bits per heavy atom. The second-order valence-electron chi connectivity index (χ2n) is 2.10. The van der Waals surface area contributed by atoms with Crippen LogP contribution in [0.5, 0.6) is 5.75 Å². The maximum absolute atomic E-state index is 5.39. The molecule has 1 heterocycles. The number of benzene rings is 1. The van der Waals surface area contributed by atoms with Gasteiger partial charge in [-0.2, -0.15) is 0 Å². The van der Waals surface area contributed by atoms with E-state index in [4.69, 9.17) is 4.52 Å². The monoisotopic (exact) mass is 153 g/mol. The molecule has 3 heteroatoms. The van der Waals surface area contributed by atoms with Crippen molar-refractivity contribution in [3.63, 3.8) is 0 Å². The number of nitrogens with one attached hydrogen (secondary N) is 1. The van der Waals surface area contributed by atoms with Gasteiger partial charge in [0.15, 0.2) is 0 Å². The highest BCUT2D eigenvalue weighted by Gasteiger charge is 2.06. The van der Waals surface area contributed by atoms with Gasteiger partial charge in [0.05, 0.1) is 20.8 Å². The fourth-order valence-electron chi connectivity index (χ4n) is 0.947. The number of anilines is 1. The summed E-state index contributed by atoms with van der Waals surface area (Å²) in [6, 6.07) is 7.99. The van der Waals surface area contributed by atoms with Gasteiger partial charge in [0.2, 0.25) is 0 Å². The maximum atomic E-state index is 5.39. The number of para-hydroxylation sites is 2. The second kappa shape index (κ2) is 2.47. The van der Waals surface area contributed by atoms with E-state index in [-0.39, 0.29) is 0 Å². The predicted octanol–water partition coefficient (Wildman–Crippen LogP) is 2.04. The first kappa shape index (κ1) is 5.99. The Labute approximate surface area is 61.5 Å². The molecule has 1 atom stereocenters. The van der Waals surface area contributed by atoms with E-state index >= 15 is 0 Å². The largest absolute Gasteiger partial charge is 0.473 e. The topological polar surface area (TPSA) is 21.3 Å². The zero-order chi connectivity index (χ0) is 6.81. The lowest BCUT2D eigenvalue weighted by molar-refractivity contribution is 0.626. The van der Waals surface area contributed by atoms with Gasteiger partial charge in [-0.3, -0.25) is 0 Å². The molecule has 1 unspecified atom stereocenters. The Morgan fingerprint density at radius 2 is 2.30 bits per heavy atom. The van der Waals surface area contributed by atoms with Gasteiger partial charge in [-0.05, 0) is 12.1 Å². The number of fused-ring (bicyclic) bond motifs is 1. The molecule has 52 valence electrons. The lowest BCUT2D eigenvalue weighted by atomic mass is 10.3. The number of hydrogen-bond acceptors (Lipinski definition) is 2. The zero-order valence-electron chi connectivity index (χ0n) is 5.42. The van der Waals surface area contributed by atoms with Crippen molar-refractivity contribution in [2.75, 3.05) is 11.6 Å². The molecule has 0 spiro atoms. The summed E-state index contributed by atoms with van der Waals surface area (Å²) in [5, 5.41) is 3.25. The minimum absolute atomic E-state index is 0.558. The minimum Gasteiger partial charge on any atom is -0.473 e. The van der Waals surface area contributed by atoms with Crippen molar-refractivity contribution in [1.29, 1.82) is 0 Å². The van der Waals surface area contributed by atoms with E-state index in [1.165, 1.54) is 0 Å². The molecule has 1 aromatic carbocycles. The van der Waals surface area contributed by atoms with E-state index in [2.05, 4.69) is 5.32 Å². The van der Waals surface area contributed by atoms with Crippen LogP contribution in [0.15, 0.2) is 24.3 Å². The zero-order valence-corrected chi connectivity index (χ0v) is 6.42. The first-order chi connectivity index (χ1) is 4.97. The first-order valence-electron chi connectivity index (χ1n) is 3.19. The molecular formula is C7H8NOP. The molecule has 0 saturated carbocycles. The van der Waals surface area contributed by atoms with Crippen LogP contribution in [0.4, 0.5) is 5.69 Å². The van der Waals surface area contributed by atoms with Crippen LogP contribution >= 0.6 is 8.81 Å². The third-order valence-electron chi connectivity index (χ3n) is 1.42. The lowest BCUT2D eigenvalue weighted by Crippen LogP contribution is -2.04. The van der Waals surface area contributed by atoms with Crippen molar-refractivity contribution in [3.8, 4) is 5.75 Å². The fourth-order valence-corrected chi connectivity index (χ4v) is 1.62. The van der Waals surface area contributed by atoms with Crippen molar-refractivity contribution >= 4 is 14.5 Å². The highest BCUT2D eigenvalue weighted by molar-refractivity contribution is 7.33. The highest BCUT2D eigenvalue weighted by atomic mass is 31.1. The summed E-state index contributed by atoms with van der Waals surface area (Å²) < 4.78 is 5.39. The normalized spacial score (nSPS) is 17.2. The van der Waals surface area contributed by atoms with Crippen LogP contribution in [0.2, 0.25) is 0 Å². The van der Waals surface area contributed by atoms with Crippen molar-refractivity contribution in [2.24, 2.45) is 0 Å². The van der Waals surface area contributed by atoms with Crippen LogP contribution in [0, 0.1) is 0 Å². The van der Waals surface area contributed by atoms with Gasteiger partial charge in [-0.15, -0.1) is 0 Å². The Bertz CT molecular complexity index is 214. The van der Waals surface area contributed by atoms with Crippen LogP contribution in [0.1, 0.15) is 0 Å². The molecule has 0 bridgehead atoms. The van der Waals surface area contributed by atoms with Crippen LogP contribution < -0.4 is 9.84 Å². The van der Waals surface area contributed by atoms with Crippen molar-refractivity contribution < 1.29 is 4.52 Å². The van der Waals surface area contributed by atoms with Gasteiger partial charge in [0, 0.05) is 0 Å². The predicted molar refractivity (Wildman–Crippen MR) is 43.9 cm³/mol. The Kier molecular flexibility index (Phi) is 1.48. The van der Waals surface area contributed by atoms with E-state index in [1.54, 1.807) is 0 Å². The Balaban J connectivity index is 2.41. The molecule has 10 heavy (non-hydrogen) atoms. The van der Waals surface area contributed by atoms with E-state index in [9.17, 15) is 0 Å². The van der Waals surface area contributed by atoms with E-state index < -0.39 is 0 Å². The van der Waals surface area contributed by atoms with Gasteiger partial charge in [0.25, 0.3) is 0 Å². The van der Waals surface area contributed by atoms with Gasteiger partial charge in [0.1, 0.15) is 5.75 Å². The van der Waals surface area contributed by atoms with Gasteiger partial charge >= 0.3 is 0 Å². The minimum atomic E-state index is 0.558. The Hall–Kier alpha value is -0.750. The van der Waals surface area contributed by atoms with Gasteiger partial charge in [-0.25, -0.2) is 0 Å². The van der Waals surface area contributed by atoms with E-state index in [0.29, 0.717) is 8.81 Å². The molecule has 0 fully saturated rings. The summed E-state index contributed by atoms with van der Waals surface area (Å²) in [5.41, 5.74) is 1.11. The maximum Gasteiger partial charge on any atom is 0.146 e. The second-order valence-corrected chi connectivity index (χ2v) is 2.94. The first-order valence-corrected chi connectivity index (χ1v) is 4.31. The third-order valence-corrected chi connectivity index (χ3v) is 2.11. The summed E-state index contributed by atoms with van der Waals surface area (Å²) in [7, 11) is 0.558. The summed E-state index contributed by atoms with van der Waals surface area (Å²) in [6.07, 6.45) is 0.941. The molecule has 1 N–H and O–H groups in total. The highest BCUT2D eigenvalue weighted by Crippen LogP contribution is 2.33. The SMILES string of the molecule is c1ccc2c(c1)NCPO2. The average Bonchev–Trinajstić information content (AvgIpc) is 2.05. The van der Waals surface area contributed by atoms with E-state index in [1.807, 2.05) is 24.3 Å². The molecule has 0 saturated heterocycles. The smallest absolute Gasteiger partial charge is 0.146 e. The molecular weight excluding hydrogens is 145 g/mol.